The number of para-hydroxylation sites is 1. The minimum Gasteiger partial charge on any atom is -0.392 e. The lowest BCUT2D eigenvalue weighted by Crippen LogP contribution is -2.39. The molecule has 1 aromatic carbocycles. The monoisotopic (exact) mass is 245 g/mol. The van der Waals surface area contributed by atoms with Crippen LogP contribution in [0.5, 0.6) is 0 Å². The molecule has 0 bridgehead atoms. The van der Waals surface area contributed by atoms with E-state index in [2.05, 4.69) is 15.3 Å². The predicted octanol–water partition coefficient (Wildman–Crippen LogP) is 0.361. The Morgan fingerprint density at radius 2 is 2.11 bits per heavy atom. The molecule has 3 N–H and O–H groups in total. The van der Waals surface area contributed by atoms with Crippen molar-refractivity contribution in [3.8, 4) is 0 Å². The normalized spacial score (nSPS) is 24.3. The molecule has 0 aliphatic carbocycles. The third-order valence-electron chi connectivity index (χ3n) is 3.35. The number of hydrogen-bond acceptors (Lipinski definition) is 4. The lowest BCUT2D eigenvalue weighted by atomic mass is 9.96. The fourth-order valence-corrected chi connectivity index (χ4v) is 2.43. The van der Waals surface area contributed by atoms with E-state index in [9.17, 15) is 9.90 Å². The van der Waals surface area contributed by atoms with Gasteiger partial charge in [0, 0.05) is 19.0 Å². The Labute approximate surface area is 104 Å². The molecule has 1 saturated heterocycles. The highest BCUT2D eigenvalue weighted by Crippen LogP contribution is 2.20. The van der Waals surface area contributed by atoms with E-state index < -0.39 is 0 Å². The lowest BCUT2D eigenvalue weighted by Gasteiger charge is -2.26. The van der Waals surface area contributed by atoms with Crippen LogP contribution in [0.15, 0.2) is 29.1 Å². The summed E-state index contributed by atoms with van der Waals surface area (Å²) in [5.41, 5.74) is 0.590. The van der Waals surface area contributed by atoms with Gasteiger partial charge in [0.15, 0.2) is 0 Å². The summed E-state index contributed by atoms with van der Waals surface area (Å²) in [4.78, 5) is 19.3. The van der Waals surface area contributed by atoms with Gasteiger partial charge in [-0.15, -0.1) is 0 Å². The Balaban J connectivity index is 2.04. The first-order chi connectivity index (χ1) is 8.74. The number of aromatic nitrogens is 2. The van der Waals surface area contributed by atoms with Gasteiger partial charge in [0.2, 0.25) is 0 Å². The fourth-order valence-electron chi connectivity index (χ4n) is 2.43. The summed E-state index contributed by atoms with van der Waals surface area (Å²) in [6.07, 6.45) is 0.259. The molecule has 1 fully saturated rings. The molecule has 3 rings (SSSR count). The van der Waals surface area contributed by atoms with Gasteiger partial charge in [0.1, 0.15) is 5.82 Å². The number of piperidine rings is 1. The van der Waals surface area contributed by atoms with Crippen molar-refractivity contribution in [3.63, 3.8) is 0 Å². The Hall–Kier alpha value is -1.72. The van der Waals surface area contributed by atoms with Crippen molar-refractivity contribution >= 4 is 10.9 Å². The Kier molecular flexibility index (Phi) is 2.85. The molecule has 18 heavy (non-hydrogen) atoms. The maximum Gasteiger partial charge on any atom is 0.258 e. The zero-order chi connectivity index (χ0) is 12.5. The Bertz CT molecular complexity index is 623. The molecule has 2 aromatic rings. The summed E-state index contributed by atoms with van der Waals surface area (Å²) in [5, 5.41) is 13.4. The smallest absolute Gasteiger partial charge is 0.258 e. The van der Waals surface area contributed by atoms with Crippen LogP contribution in [0.1, 0.15) is 18.2 Å². The van der Waals surface area contributed by atoms with Gasteiger partial charge in [-0.05, 0) is 18.6 Å². The number of nitrogens with zero attached hydrogens (tertiary/aromatic N) is 1. The number of nitrogens with one attached hydrogen (secondary N) is 2. The molecule has 0 radical (unpaired) electrons. The SMILES string of the molecule is O=c1[nH]c(C2CNCC(O)C2)nc2ccccc12. The highest BCUT2D eigenvalue weighted by atomic mass is 16.3. The van der Waals surface area contributed by atoms with Gasteiger partial charge in [-0.2, -0.15) is 0 Å². The van der Waals surface area contributed by atoms with Crippen molar-refractivity contribution in [2.45, 2.75) is 18.4 Å². The number of rotatable bonds is 1. The maximum atomic E-state index is 11.9. The Morgan fingerprint density at radius 3 is 2.94 bits per heavy atom. The van der Waals surface area contributed by atoms with Crippen molar-refractivity contribution in [2.75, 3.05) is 13.1 Å². The van der Waals surface area contributed by atoms with E-state index >= 15 is 0 Å². The standard InChI is InChI=1S/C13H15N3O2/c17-9-5-8(6-14-7-9)12-15-11-4-2-1-3-10(11)13(18)16-12/h1-4,8-9,14,17H,5-7H2,(H,15,16,18). The van der Waals surface area contributed by atoms with Gasteiger partial charge in [0.25, 0.3) is 5.56 Å². The van der Waals surface area contributed by atoms with Crippen LogP contribution in [-0.4, -0.2) is 34.3 Å². The summed E-state index contributed by atoms with van der Waals surface area (Å²) in [5.74, 6) is 0.719. The van der Waals surface area contributed by atoms with Crippen molar-refractivity contribution < 1.29 is 5.11 Å². The number of aromatic amines is 1. The van der Waals surface area contributed by atoms with Gasteiger partial charge in [-0.1, -0.05) is 12.1 Å². The van der Waals surface area contributed by atoms with Crippen LogP contribution in [0, 0.1) is 0 Å². The number of β-amino-alcohol motifs (C(OH)–C–C–N with tert-alkyl or cyclic N) is 1. The molecule has 2 atom stereocenters. The van der Waals surface area contributed by atoms with Crippen LogP contribution in [0.4, 0.5) is 0 Å². The van der Waals surface area contributed by atoms with Gasteiger partial charge in [-0.25, -0.2) is 4.98 Å². The second-order valence-electron chi connectivity index (χ2n) is 4.71. The van der Waals surface area contributed by atoms with Crippen LogP contribution in [0.3, 0.4) is 0 Å². The highest BCUT2D eigenvalue weighted by molar-refractivity contribution is 5.77. The molecule has 0 saturated carbocycles. The topological polar surface area (TPSA) is 78.0 Å². The number of fused-ring (bicyclic) bond motifs is 1. The van der Waals surface area contributed by atoms with E-state index in [4.69, 9.17) is 0 Å². The lowest BCUT2D eigenvalue weighted by molar-refractivity contribution is 0.130. The first-order valence-corrected chi connectivity index (χ1v) is 6.12. The third kappa shape index (κ3) is 2.02. The second-order valence-corrected chi connectivity index (χ2v) is 4.71. The van der Waals surface area contributed by atoms with Crippen molar-refractivity contribution in [1.82, 2.24) is 15.3 Å². The summed E-state index contributed by atoms with van der Waals surface area (Å²) >= 11 is 0. The van der Waals surface area contributed by atoms with Crippen LogP contribution in [0.2, 0.25) is 0 Å². The van der Waals surface area contributed by atoms with Gasteiger partial charge >= 0.3 is 0 Å². The van der Waals surface area contributed by atoms with Crippen LogP contribution >= 0.6 is 0 Å². The number of aliphatic hydroxyl groups is 1. The molecule has 94 valence electrons. The molecule has 1 aromatic heterocycles. The number of H-pyrrole nitrogens is 1. The quantitative estimate of drug-likeness (QED) is 0.678. The van der Waals surface area contributed by atoms with E-state index in [0.717, 1.165) is 6.54 Å². The van der Waals surface area contributed by atoms with E-state index in [1.54, 1.807) is 6.07 Å². The minimum absolute atomic E-state index is 0.0612. The van der Waals surface area contributed by atoms with Crippen LogP contribution in [-0.2, 0) is 0 Å². The first-order valence-electron chi connectivity index (χ1n) is 6.12. The zero-order valence-corrected chi connectivity index (χ0v) is 9.89. The van der Waals surface area contributed by atoms with Gasteiger partial charge < -0.3 is 15.4 Å². The average Bonchev–Trinajstić information content (AvgIpc) is 2.39. The summed E-state index contributed by atoms with van der Waals surface area (Å²) in [6, 6.07) is 7.29. The van der Waals surface area contributed by atoms with Crippen molar-refractivity contribution in [2.24, 2.45) is 0 Å². The summed E-state index contributed by atoms with van der Waals surface area (Å²) in [6.45, 7) is 1.34. The Morgan fingerprint density at radius 1 is 1.28 bits per heavy atom. The number of hydrogen-bond donors (Lipinski definition) is 3. The minimum atomic E-state index is -0.375. The molecule has 1 aliphatic rings. The van der Waals surface area contributed by atoms with Crippen molar-refractivity contribution in [1.29, 1.82) is 0 Å². The third-order valence-corrected chi connectivity index (χ3v) is 3.35. The molecule has 0 spiro atoms. The molecule has 5 nitrogen and oxygen atoms in total. The van der Waals surface area contributed by atoms with E-state index in [0.29, 0.717) is 29.7 Å². The largest absolute Gasteiger partial charge is 0.392 e. The van der Waals surface area contributed by atoms with Gasteiger partial charge in [0.05, 0.1) is 17.0 Å². The van der Waals surface area contributed by atoms with E-state index in [-0.39, 0.29) is 17.6 Å². The first kappa shape index (κ1) is 11.4. The number of benzene rings is 1. The average molecular weight is 245 g/mol. The van der Waals surface area contributed by atoms with Crippen LogP contribution < -0.4 is 10.9 Å². The summed E-state index contributed by atoms with van der Waals surface area (Å²) < 4.78 is 0. The van der Waals surface area contributed by atoms with Crippen LogP contribution in [0.25, 0.3) is 10.9 Å². The molecule has 2 unspecified atom stereocenters. The molecular formula is C13H15N3O2. The molecular weight excluding hydrogens is 230 g/mol. The maximum absolute atomic E-state index is 11.9. The second kappa shape index (κ2) is 4.51. The predicted molar refractivity (Wildman–Crippen MR) is 68.6 cm³/mol. The molecule has 0 amide bonds. The summed E-state index contributed by atoms with van der Waals surface area (Å²) in [7, 11) is 0. The van der Waals surface area contributed by atoms with E-state index in [1.807, 2.05) is 18.2 Å². The van der Waals surface area contributed by atoms with Gasteiger partial charge in [-0.3, -0.25) is 4.79 Å². The van der Waals surface area contributed by atoms with E-state index in [1.165, 1.54) is 0 Å². The number of aliphatic hydroxyl groups excluding tert-OH is 1. The highest BCUT2D eigenvalue weighted by Gasteiger charge is 2.23. The molecule has 5 heteroatoms. The molecule has 2 heterocycles. The fraction of sp³-hybridized carbons (Fsp3) is 0.385. The zero-order valence-electron chi connectivity index (χ0n) is 9.89. The van der Waals surface area contributed by atoms with Crippen molar-refractivity contribution in [3.05, 3.63) is 40.4 Å². The molecule has 1 aliphatic heterocycles.